The molecule has 3 rings (SSSR count). The molecule has 3 nitrogen and oxygen atoms in total. The first-order valence-corrected chi connectivity index (χ1v) is 5.87. The molecule has 3 aromatic rings. The monoisotopic (exact) mass is 256 g/mol. The van der Waals surface area contributed by atoms with Gasteiger partial charge in [0.1, 0.15) is 0 Å². The minimum atomic E-state index is -0.372. The summed E-state index contributed by atoms with van der Waals surface area (Å²) in [4.78, 5) is 18.3. The lowest BCUT2D eigenvalue weighted by molar-refractivity contribution is 1.12. The summed E-state index contributed by atoms with van der Waals surface area (Å²) in [6.07, 6.45) is 0. The van der Waals surface area contributed by atoms with E-state index in [1.54, 1.807) is 6.07 Å². The van der Waals surface area contributed by atoms with Gasteiger partial charge < -0.3 is 4.98 Å². The van der Waals surface area contributed by atoms with Crippen molar-refractivity contribution >= 4 is 22.5 Å². The average molecular weight is 257 g/mol. The number of hydrogen-bond acceptors (Lipinski definition) is 2. The maximum atomic E-state index is 11.6. The zero-order valence-corrected chi connectivity index (χ0v) is 10.1. The molecule has 0 spiro atoms. The van der Waals surface area contributed by atoms with Gasteiger partial charge in [-0.05, 0) is 12.1 Å². The second-order valence-corrected chi connectivity index (χ2v) is 4.32. The molecule has 0 bridgehead atoms. The Morgan fingerprint density at radius 1 is 1.00 bits per heavy atom. The van der Waals surface area contributed by atoms with Gasteiger partial charge in [0.15, 0.2) is 0 Å². The molecule has 1 aromatic heterocycles. The minimum absolute atomic E-state index is 0.372. The van der Waals surface area contributed by atoms with Crippen LogP contribution in [0, 0.1) is 0 Å². The van der Waals surface area contributed by atoms with E-state index in [0.717, 1.165) is 16.5 Å². The SMILES string of the molecule is O=c1nc(-c2ccccc2Cl)c2ccccc2[nH]1. The van der Waals surface area contributed by atoms with E-state index >= 15 is 0 Å². The molecule has 1 heterocycles. The van der Waals surface area contributed by atoms with Crippen molar-refractivity contribution in [2.24, 2.45) is 0 Å². The van der Waals surface area contributed by atoms with Crippen LogP contribution in [-0.2, 0) is 0 Å². The van der Waals surface area contributed by atoms with Gasteiger partial charge in [0.25, 0.3) is 0 Å². The van der Waals surface area contributed by atoms with Gasteiger partial charge in [-0.1, -0.05) is 48.0 Å². The van der Waals surface area contributed by atoms with Crippen molar-refractivity contribution in [3.63, 3.8) is 0 Å². The van der Waals surface area contributed by atoms with Gasteiger partial charge in [-0.15, -0.1) is 0 Å². The summed E-state index contributed by atoms with van der Waals surface area (Å²) in [6.45, 7) is 0. The van der Waals surface area contributed by atoms with E-state index in [-0.39, 0.29) is 5.69 Å². The van der Waals surface area contributed by atoms with E-state index in [1.165, 1.54) is 0 Å². The summed E-state index contributed by atoms with van der Waals surface area (Å²) in [5.41, 5.74) is 1.76. The van der Waals surface area contributed by atoms with E-state index < -0.39 is 0 Å². The number of para-hydroxylation sites is 1. The van der Waals surface area contributed by atoms with Crippen LogP contribution in [0.1, 0.15) is 0 Å². The second kappa shape index (κ2) is 4.27. The van der Waals surface area contributed by atoms with Gasteiger partial charge in [0.2, 0.25) is 0 Å². The van der Waals surface area contributed by atoms with Crippen LogP contribution < -0.4 is 5.69 Å². The Bertz CT molecular complexity index is 780. The first-order chi connectivity index (χ1) is 8.75. The normalized spacial score (nSPS) is 10.7. The van der Waals surface area contributed by atoms with Gasteiger partial charge in [-0.25, -0.2) is 4.79 Å². The van der Waals surface area contributed by atoms with Crippen molar-refractivity contribution in [2.75, 3.05) is 0 Å². The Hall–Kier alpha value is -2.13. The largest absolute Gasteiger partial charge is 0.345 e. The van der Waals surface area contributed by atoms with E-state index in [2.05, 4.69) is 9.97 Å². The Morgan fingerprint density at radius 3 is 2.56 bits per heavy atom. The molecule has 18 heavy (non-hydrogen) atoms. The van der Waals surface area contributed by atoms with Gasteiger partial charge in [0, 0.05) is 16.0 Å². The number of benzene rings is 2. The number of H-pyrrole nitrogens is 1. The molecular formula is C14H9ClN2O. The summed E-state index contributed by atoms with van der Waals surface area (Å²) in [7, 11) is 0. The standard InChI is InChI=1S/C14H9ClN2O/c15-11-7-3-1-5-9(11)13-10-6-2-4-8-12(10)16-14(18)17-13/h1-8H,(H,16,17,18). The van der Waals surface area contributed by atoms with Crippen LogP contribution in [0.25, 0.3) is 22.2 Å². The number of halogens is 1. The lowest BCUT2D eigenvalue weighted by Gasteiger charge is -2.06. The predicted molar refractivity (Wildman–Crippen MR) is 72.8 cm³/mol. The molecule has 0 atom stereocenters. The summed E-state index contributed by atoms with van der Waals surface area (Å²) in [6, 6.07) is 14.9. The molecule has 0 radical (unpaired) electrons. The molecule has 0 aliphatic heterocycles. The van der Waals surface area contributed by atoms with Crippen molar-refractivity contribution in [3.8, 4) is 11.3 Å². The number of rotatable bonds is 1. The van der Waals surface area contributed by atoms with Gasteiger partial charge in [-0.2, -0.15) is 4.98 Å². The first kappa shape index (κ1) is 11.0. The molecule has 2 aromatic carbocycles. The summed E-state index contributed by atoms with van der Waals surface area (Å²) in [5.74, 6) is 0. The number of fused-ring (bicyclic) bond motifs is 1. The fraction of sp³-hybridized carbons (Fsp3) is 0. The van der Waals surface area contributed by atoms with Crippen LogP contribution in [0.3, 0.4) is 0 Å². The lowest BCUT2D eigenvalue weighted by Crippen LogP contribution is -2.11. The predicted octanol–water partition coefficient (Wildman–Crippen LogP) is 3.24. The zero-order chi connectivity index (χ0) is 12.5. The molecular weight excluding hydrogens is 248 g/mol. The summed E-state index contributed by atoms with van der Waals surface area (Å²) in [5, 5.41) is 1.46. The van der Waals surface area contributed by atoms with E-state index in [4.69, 9.17) is 11.6 Å². The van der Waals surface area contributed by atoms with Crippen molar-refractivity contribution in [1.82, 2.24) is 9.97 Å². The Morgan fingerprint density at radius 2 is 1.72 bits per heavy atom. The third-order valence-electron chi connectivity index (χ3n) is 2.77. The molecule has 1 N–H and O–H groups in total. The minimum Gasteiger partial charge on any atom is -0.305 e. The molecule has 4 heteroatoms. The molecule has 0 amide bonds. The van der Waals surface area contributed by atoms with Crippen LogP contribution in [0.2, 0.25) is 5.02 Å². The molecule has 0 aliphatic rings. The zero-order valence-electron chi connectivity index (χ0n) is 9.35. The number of nitrogens with zero attached hydrogens (tertiary/aromatic N) is 1. The fourth-order valence-corrected chi connectivity index (χ4v) is 2.19. The maximum absolute atomic E-state index is 11.6. The Balaban J connectivity index is 2.42. The third kappa shape index (κ3) is 1.79. The molecule has 0 unspecified atom stereocenters. The van der Waals surface area contributed by atoms with Crippen LogP contribution in [0.5, 0.6) is 0 Å². The van der Waals surface area contributed by atoms with E-state index in [9.17, 15) is 4.79 Å². The molecule has 0 saturated heterocycles. The smallest absolute Gasteiger partial charge is 0.305 e. The highest BCUT2D eigenvalue weighted by molar-refractivity contribution is 6.33. The average Bonchev–Trinajstić information content (AvgIpc) is 2.38. The summed E-state index contributed by atoms with van der Waals surface area (Å²) >= 11 is 6.16. The maximum Gasteiger partial charge on any atom is 0.345 e. The lowest BCUT2D eigenvalue weighted by atomic mass is 10.1. The van der Waals surface area contributed by atoms with Gasteiger partial charge in [-0.3, -0.25) is 0 Å². The highest BCUT2D eigenvalue weighted by Crippen LogP contribution is 2.29. The molecule has 88 valence electrons. The molecule has 0 saturated carbocycles. The van der Waals surface area contributed by atoms with Crippen LogP contribution >= 0.6 is 11.6 Å². The first-order valence-electron chi connectivity index (χ1n) is 5.50. The summed E-state index contributed by atoms with van der Waals surface area (Å²) < 4.78 is 0. The second-order valence-electron chi connectivity index (χ2n) is 3.92. The van der Waals surface area contributed by atoms with Crippen molar-refractivity contribution in [3.05, 3.63) is 64.0 Å². The molecule has 0 fully saturated rings. The van der Waals surface area contributed by atoms with Crippen LogP contribution in [0.4, 0.5) is 0 Å². The number of hydrogen-bond donors (Lipinski definition) is 1. The molecule has 0 aliphatic carbocycles. The Kier molecular flexibility index (Phi) is 2.61. The van der Waals surface area contributed by atoms with E-state index in [1.807, 2.05) is 42.5 Å². The number of aromatic nitrogens is 2. The van der Waals surface area contributed by atoms with Crippen LogP contribution in [0.15, 0.2) is 53.3 Å². The fourth-order valence-electron chi connectivity index (χ4n) is 1.96. The quantitative estimate of drug-likeness (QED) is 0.726. The topological polar surface area (TPSA) is 45.8 Å². The highest BCUT2D eigenvalue weighted by Gasteiger charge is 2.09. The van der Waals surface area contributed by atoms with Crippen LogP contribution in [-0.4, -0.2) is 9.97 Å². The van der Waals surface area contributed by atoms with Gasteiger partial charge >= 0.3 is 5.69 Å². The number of aromatic amines is 1. The highest BCUT2D eigenvalue weighted by atomic mass is 35.5. The van der Waals surface area contributed by atoms with Gasteiger partial charge in [0.05, 0.1) is 11.2 Å². The van der Waals surface area contributed by atoms with Crippen molar-refractivity contribution in [2.45, 2.75) is 0 Å². The van der Waals surface area contributed by atoms with E-state index in [0.29, 0.717) is 10.7 Å². The number of nitrogens with one attached hydrogen (secondary N) is 1. The van der Waals surface area contributed by atoms with Crippen molar-refractivity contribution < 1.29 is 0 Å². The Labute approximate surface area is 108 Å². The van der Waals surface area contributed by atoms with Crippen molar-refractivity contribution in [1.29, 1.82) is 0 Å². The third-order valence-corrected chi connectivity index (χ3v) is 3.10.